The zero-order valence-electron chi connectivity index (χ0n) is 24.4. The van der Waals surface area contributed by atoms with Crippen LogP contribution in [0.5, 0.6) is 0 Å². The Labute approximate surface area is 251 Å². The van der Waals surface area contributed by atoms with Gasteiger partial charge in [0.1, 0.15) is 0 Å². The summed E-state index contributed by atoms with van der Waals surface area (Å²) in [5.41, 5.74) is 3.62. The maximum absolute atomic E-state index is 13.6. The van der Waals surface area contributed by atoms with Crippen molar-refractivity contribution in [3.63, 3.8) is 0 Å². The molecule has 0 saturated heterocycles. The SMILES string of the molecule is Cc1nc(-c2cccc(CN(C(=O)Nc3ccc(-c4ccccc4S(=O)(=O)NC(C)(C)C)cc3)c3ccccc3)c2)no1. The third-order valence-electron chi connectivity index (χ3n) is 6.43. The lowest BCUT2D eigenvalue weighted by molar-refractivity contribution is 0.256. The monoisotopic (exact) mass is 595 g/mol. The van der Waals surface area contributed by atoms with Gasteiger partial charge in [0.15, 0.2) is 0 Å². The number of anilines is 2. The summed E-state index contributed by atoms with van der Waals surface area (Å²) in [6.07, 6.45) is 0. The summed E-state index contributed by atoms with van der Waals surface area (Å²) in [4.78, 5) is 19.8. The summed E-state index contributed by atoms with van der Waals surface area (Å²) in [5.74, 6) is 0.960. The van der Waals surface area contributed by atoms with E-state index in [-0.39, 0.29) is 10.9 Å². The van der Waals surface area contributed by atoms with Crippen molar-refractivity contribution in [2.45, 2.75) is 44.7 Å². The first-order valence-corrected chi connectivity index (χ1v) is 15.2. The average Bonchev–Trinajstić information content (AvgIpc) is 3.42. The molecule has 0 aliphatic rings. The van der Waals surface area contributed by atoms with Gasteiger partial charge in [-0.3, -0.25) is 4.90 Å². The number of hydrogen-bond acceptors (Lipinski definition) is 6. The summed E-state index contributed by atoms with van der Waals surface area (Å²) in [5, 5.41) is 6.98. The molecule has 0 unspecified atom stereocenters. The van der Waals surface area contributed by atoms with Crippen LogP contribution < -0.4 is 14.9 Å². The minimum atomic E-state index is -3.76. The van der Waals surface area contributed by atoms with Crippen molar-refractivity contribution in [3.8, 4) is 22.5 Å². The predicted molar refractivity (Wildman–Crippen MR) is 168 cm³/mol. The number of aromatic nitrogens is 2. The van der Waals surface area contributed by atoms with Crippen LogP contribution in [0.4, 0.5) is 16.2 Å². The zero-order valence-corrected chi connectivity index (χ0v) is 25.2. The highest BCUT2D eigenvalue weighted by Crippen LogP contribution is 2.29. The number of aryl methyl sites for hydroxylation is 1. The second-order valence-corrected chi connectivity index (χ2v) is 12.8. The van der Waals surface area contributed by atoms with Crippen LogP contribution in [0.15, 0.2) is 113 Å². The highest BCUT2D eigenvalue weighted by molar-refractivity contribution is 7.89. The number of hydrogen-bond donors (Lipinski definition) is 2. The minimum absolute atomic E-state index is 0.190. The fourth-order valence-electron chi connectivity index (χ4n) is 4.62. The molecule has 0 saturated carbocycles. The lowest BCUT2D eigenvalue weighted by Crippen LogP contribution is -2.40. The molecule has 9 nitrogen and oxygen atoms in total. The van der Waals surface area contributed by atoms with E-state index in [4.69, 9.17) is 4.52 Å². The van der Waals surface area contributed by atoms with E-state index < -0.39 is 15.6 Å². The van der Waals surface area contributed by atoms with Crippen molar-refractivity contribution >= 4 is 27.4 Å². The van der Waals surface area contributed by atoms with Crippen molar-refractivity contribution in [1.82, 2.24) is 14.9 Å². The quantitative estimate of drug-likeness (QED) is 0.199. The van der Waals surface area contributed by atoms with E-state index in [0.717, 1.165) is 16.8 Å². The smallest absolute Gasteiger partial charge is 0.326 e. The van der Waals surface area contributed by atoms with Crippen molar-refractivity contribution in [2.75, 3.05) is 10.2 Å². The highest BCUT2D eigenvalue weighted by atomic mass is 32.2. The Morgan fingerprint density at radius 2 is 1.56 bits per heavy atom. The van der Waals surface area contributed by atoms with E-state index in [1.807, 2.05) is 54.6 Å². The van der Waals surface area contributed by atoms with Gasteiger partial charge in [-0.15, -0.1) is 0 Å². The molecule has 0 bridgehead atoms. The molecule has 10 heteroatoms. The molecule has 0 spiro atoms. The summed E-state index contributed by atoms with van der Waals surface area (Å²) in [7, 11) is -3.76. The van der Waals surface area contributed by atoms with Crippen molar-refractivity contribution in [3.05, 3.63) is 115 Å². The van der Waals surface area contributed by atoms with Gasteiger partial charge >= 0.3 is 6.03 Å². The Bertz CT molecular complexity index is 1830. The van der Waals surface area contributed by atoms with Gasteiger partial charge in [-0.1, -0.05) is 71.9 Å². The summed E-state index contributed by atoms with van der Waals surface area (Å²) in [6, 6.07) is 30.7. The normalized spacial score (nSPS) is 11.7. The maximum Gasteiger partial charge on any atom is 0.326 e. The number of rotatable bonds is 8. The number of amides is 2. The van der Waals surface area contributed by atoms with Crippen LogP contribution >= 0.6 is 0 Å². The number of nitrogens with zero attached hydrogens (tertiary/aromatic N) is 3. The predicted octanol–water partition coefficient (Wildman–Crippen LogP) is 7.03. The van der Waals surface area contributed by atoms with E-state index >= 15 is 0 Å². The van der Waals surface area contributed by atoms with Gasteiger partial charge in [0.05, 0.1) is 11.4 Å². The summed E-state index contributed by atoms with van der Waals surface area (Å²) in [6.45, 7) is 7.43. The molecule has 0 aliphatic heterocycles. The minimum Gasteiger partial charge on any atom is -0.339 e. The average molecular weight is 596 g/mol. The van der Waals surface area contributed by atoms with Crippen LogP contribution in [0.25, 0.3) is 22.5 Å². The van der Waals surface area contributed by atoms with Crippen LogP contribution in [0.1, 0.15) is 32.2 Å². The largest absolute Gasteiger partial charge is 0.339 e. The van der Waals surface area contributed by atoms with Crippen LogP contribution in [-0.4, -0.2) is 30.1 Å². The van der Waals surface area contributed by atoms with E-state index in [2.05, 4.69) is 20.2 Å². The van der Waals surface area contributed by atoms with Crippen LogP contribution in [0, 0.1) is 6.92 Å². The van der Waals surface area contributed by atoms with Gasteiger partial charge in [0.2, 0.25) is 21.7 Å². The molecule has 2 amide bonds. The number of carbonyl (C=O) groups is 1. The Kier molecular flexibility index (Phi) is 8.43. The highest BCUT2D eigenvalue weighted by Gasteiger charge is 2.25. The fourth-order valence-corrected chi connectivity index (χ4v) is 6.27. The molecule has 2 N–H and O–H groups in total. The van der Waals surface area contributed by atoms with Gasteiger partial charge < -0.3 is 9.84 Å². The van der Waals surface area contributed by atoms with E-state index in [9.17, 15) is 13.2 Å². The van der Waals surface area contributed by atoms with E-state index in [1.165, 1.54) is 0 Å². The van der Waals surface area contributed by atoms with Gasteiger partial charge in [-0.2, -0.15) is 4.98 Å². The Balaban J connectivity index is 1.38. The molecule has 43 heavy (non-hydrogen) atoms. The molecule has 0 fully saturated rings. The first-order chi connectivity index (χ1) is 20.5. The summed E-state index contributed by atoms with van der Waals surface area (Å²) < 4.78 is 34.1. The molecule has 220 valence electrons. The topological polar surface area (TPSA) is 117 Å². The molecule has 0 radical (unpaired) electrons. The van der Waals surface area contributed by atoms with E-state index in [1.54, 1.807) is 81.1 Å². The second kappa shape index (κ2) is 12.2. The molecule has 5 rings (SSSR count). The van der Waals surface area contributed by atoms with Gasteiger partial charge in [0.25, 0.3) is 0 Å². The molecular weight excluding hydrogens is 562 g/mol. The maximum atomic E-state index is 13.6. The van der Waals surface area contributed by atoms with Gasteiger partial charge in [-0.05, 0) is 68.3 Å². The molecule has 5 aromatic rings. The molecule has 0 atom stereocenters. The number of sulfonamides is 1. The Hall–Kier alpha value is -4.80. The molecule has 1 aromatic heterocycles. The molecule has 0 aliphatic carbocycles. The second-order valence-electron chi connectivity index (χ2n) is 11.1. The number of para-hydroxylation sites is 1. The fraction of sp³-hybridized carbons (Fsp3) is 0.182. The number of carbonyl (C=O) groups excluding carboxylic acids is 1. The van der Waals surface area contributed by atoms with Crippen molar-refractivity contribution < 1.29 is 17.7 Å². The van der Waals surface area contributed by atoms with Gasteiger partial charge in [-0.25, -0.2) is 17.9 Å². The van der Waals surface area contributed by atoms with Gasteiger partial charge in [0, 0.05) is 35.0 Å². The third kappa shape index (κ3) is 7.35. The Morgan fingerprint density at radius 3 is 2.23 bits per heavy atom. The van der Waals surface area contributed by atoms with Crippen LogP contribution in [0.3, 0.4) is 0 Å². The van der Waals surface area contributed by atoms with Crippen molar-refractivity contribution in [2.24, 2.45) is 0 Å². The third-order valence-corrected chi connectivity index (χ3v) is 8.25. The lowest BCUT2D eigenvalue weighted by atomic mass is 10.1. The zero-order chi connectivity index (χ0) is 30.6. The van der Waals surface area contributed by atoms with Crippen LogP contribution in [0.2, 0.25) is 0 Å². The molecule has 4 aromatic carbocycles. The van der Waals surface area contributed by atoms with Crippen molar-refractivity contribution in [1.29, 1.82) is 0 Å². The summed E-state index contributed by atoms with van der Waals surface area (Å²) >= 11 is 0. The number of nitrogens with one attached hydrogen (secondary N) is 2. The van der Waals surface area contributed by atoms with Crippen LogP contribution in [-0.2, 0) is 16.6 Å². The Morgan fingerprint density at radius 1 is 0.860 bits per heavy atom. The standard InChI is InChI=1S/C33H33N5O4S/c1-23-34-31(36-42-23)26-12-10-11-24(21-26)22-38(28-13-6-5-7-14-28)32(39)35-27-19-17-25(18-20-27)29-15-8-9-16-30(29)43(40,41)37-33(2,3)4/h5-21,37H,22H2,1-4H3,(H,35,39). The first kappa shape index (κ1) is 29.7. The molecular formula is C33H33N5O4S. The lowest BCUT2D eigenvalue weighted by Gasteiger charge is -2.24. The molecule has 1 heterocycles. The van der Waals surface area contributed by atoms with E-state index in [0.29, 0.717) is 35.1 Å². The number of benzene rings is 4. The first-order valence-electron chi connectivity index (χ1n) is 13.8. The number of urea groups is 1.